The minimum Gasteiger partial charge on any atom is -0.395 e. The molecule has 0 aliphatic carbocycles. The third-order valence-corrected chi connectivity index (χ3v) is 6.91. The summed E-state index contributed by atoms with van der Waals surface area (Å²) in [7, 11) is 0. The molecule has 9 heteroatoms. The van der Waals surface area contributed by atoms with E-state index in [-0.39, 0.29) is 18.2 Å². The number of benzene rings is 2. The molecule has 1 aliphatic rings. The fourth-order valence-electron chi connectivity index (χ4n) is 4.34. The first-order chi connectivity index (χ1) is 16.5. The van der Waals surface area contributed by atoms with Crippen LogP contribution < -0.4 is 15.8 Å². The number of aromatic nitrogens is 2. The highest BCUT2D eigenvalue weighted by molar-refractivity contribution is 6.38. The van der Waals surface area contributed by atoms with Crippen LogP contribution in [0.4, 0.5) is 5.82 Å². The van der Waals surface area contributed by atoms with Crippen LogP contribution in [0, 0.1) is 0 Å². The van der Waals surface area contributed by atoms with Crippen molar-refractivity contribution in [2.75, 3.05) is 31.1 Å². The average Bonchev–Trinajstić information content (AvgIpc) is 2.85. The molecule has 2 aromatic carbocycles. The maximum absolute atomic E-state index is 13.2. The lowest BCUT2D eigenvalue weighted by atomic mass is 10.1. The van der Waals surface area contributed by atoms with Crippen LogP contribution in [0.5, 0.6) is 0 Å². The Hall–Kier alpha value is -2.61. The normalized spacial score (nSPS) is 16.2. The highest BCUT2D eigenvalue weighted by Gasteiger charge is 2.23. The zero-order chi connectivity index (χ0) is 23.8. The molecule has 0 bridgehead atoms. The van der Waals surface area contributed by atoms with Crippen LogP contribution in [-0.4, -0.2) is 46.9 Å². The molecule has 1 fully saturated rings. The predicted molar refractivity (Wildman–Crippen MR) is 139 cm³/mol. The van der Waals surface area contributed by atoms with Gasteiger partial charge in [-0.05, 0) is 24.3 Å². The maximum Gasteiger partial charge on any atom is 0.255 e. The number of rotatable bonds is 4. The van der Waals surface area contributed by atoms with Gasteiger partial charge in [0, 0.05) is 53.8 Å². The van der Waals surface area contributed by atoms with E-state index in [4.69, 9.17) is 39.8 Å². The van der Waals surface area contributed by atoms with Crippen molar-refractivity contribution in [2.24, 2.45) is 0 Å². The molecule has 0 spiro atoms. The van der Waals surface area contributed by atoms with Crippen molar-refractivity contribution in [3.05, 3.63) is 86.1 Å². The fraction of sp³-hybridized carbons (Fsp3) is 0.200. The Morgan fingerprint density at radius 1 is 1.00 bits per heavy atom. The summed E-state index contributed by atoms with van der Waals surface area (Å²) in [5.41, 5.74) is 2.16. The van der Waals surface area contributed by atoms with Crippen molar-refractivity contribution in [3.8, 4) is 16.9 Å². The Kier molecular flexibility index (Phi) is 6.51. The number of fused-ring (bicyclic) bond motifs is 1. The standard InChI is InChI=1S/C25H21Cl3N4O2/c26-18-5-2-1-4-16(18)24-17-8-9-23(34)32(25-19(27)6-3-7-20(25)28)21(17)12-22(30-24)31-11-10-29-15(13-31)14-33/h1-9,12,15,29,33H,10-11,13-14H2. The summed E-state index contributed by atoms with van der Waals surface area (Å²) >= 11 is 19.6. The van der Waals surface area contributed by atoms with E-state index in [9.17, 15) is 9.90 Å². The lowest BCUT2D eigenvalue weighted by Gasteiger charge is -2.34. The molecule has 3 heterocycles. The summed E-state index contributed by atoms with van der Waals surface area (Å²) in [6, 6.07) is 17.6. The summed E-state index contributed by atoms with van der Waals surface area (Å²) in [6.07, 6.45) is 0. The molecular weight excluding hydrogens is 495 g/mol. The quantitative estimate of drug-likeness (QED) is 0.409. The van der Waals surface area contributed by atoms with Crippen molar-refractivity contribution >= 4 is 51.5 Å². The van der Waals surface area contributed by atoms with Gasteiger partial charge in [0.15, 0.2) is 0 Å². The molecule has 0 amide bonds. The van der Waals surface area contributed by atoms with E-state index in [1.807, 2.05) is 30.3 Å². The fourth-order valence-corrected chi connectivity index (χ4v) is 5.13. The number of anilines is 1. The van der Waals surface area contributed by atoms with E-state index in [2.05, 4.69) is 10.2 Å². The largest absolute Gasteiger partial charge is 0.395 e. The first-order valence-electron chi connectivity index (χ1n) is 10.8. The number of hydrogen-bond acceptors (Lipinski definition) is 5. The monoisotopic (exact) mass is 514 g/mol. The van der Waals surface area contributed by atoms with Crippen molar-refractivity contribution in [2.45, 2.75) is 6.04 Å². The van der Waals surface area contributed by atoms with E-state index in [1.54, 1.807) is 24.3 Å². The van der Waals surface area contributed by atoms with Crippen molar-refractivity contribution in [3.63, 3.8) is 0 Å². The van der Waals surface area contributed by atoms with Gasteiger partial charge in [0.2, 0.25) is 0 Å². The minimum atomic E-state index is -0.265. The zero-order valence-electron chi connectivity index (χ0n) is 18.0. The summed E-state index contributed by atoms with van der Waals surface area (Å²) < 4.78 is 1.53. The van der Waals surface area contributed by atoms with E-state index >= 15 is 0 Å². The van der Waals surface area contributed by atoms with Crippen LogP contribution in [0.1, 0.15) is 0 Å². The topological polar surface area (TPSA) is 70.4 Å². The predicted octanol–water partition coefficient (Wildman–Crippen LogP) is 4.78. The van der Waals surface area contributed by atoms with Crippen LogP contribution in [0.15, 0.2) is 65.5 Å². The number of aliphatic hydroxyl groups is 1. The average molecular weight is 516 g/mol. The number of hydrogen-bond donors (Lipinski definition) is 2. The van der Waals surface area contributed by atoms with E-state index in [1.165, 1.54) is 10.6 Å². The van der Waals surface area contributed by atoms with E-state index in [0.717, 1.165) is 10.9 Å². The van der Waals surface area contributed by atoms with Gasteiger partial charge in [0.05, 0.1) is 33.6 Å². The Morgan fingerprint density at radius 3 is 2.47 bits per heavy atom. The van der Waals surface area contributed by atoms with Crippen LogP contribution in [0.25, 0.3) is 27.8 Å². The number of pyridine rings is 2. The molecule has 2 N–H and O–H groups in total. The molecule has 34 heavy (non-hydrogen) atoms. The molecule has 1 atom stereocenters. The second-order valence-electron chi connectivity index (χ2n) is 8.10. The first kappa shape index (κ1) is 23.1. The second-order valence-corrected chi connectivity index (χ2v) is 9.32. The van der Waals surface area contributed by atoms with Gasteiger partial charge in [-0.1, -0.05) is 59.1 Å². The maximum atomic E-state index is 13.2. The lowest BCUT2D eigenvalue weighted by Crippen LogP contribution is -2.52. The van der Waals surface area contributed by atoms with Crippen molar-refractivity contribution in [1.82, 2.24) is 14.9 Å². The Labute approximate surface area is 211 Å². The van der Waals surface area contributed by atoms with Crippen molar-refractivity contribution < 1.29 is 5.11 Å². The van der Waals surface area contributed by atoms with Crippen LogP contribution in [0.3, 0.4) is 0 Å². The molecule has 0 saturated carbocycles. The number of halogens is 3. The third-order valence-electron chi connectivity index (χ3n) is 5.97. The van der Waals surface area contributed by atoms with Gasteiger partial charge in [0.25, 0.3) is 5.56 Å². The number of aliphatic hydroxyl groups excluding tert-OH is 1. The van der Waals surface area contributed by atoms with Crippen LogP contribution >= 0.6 is 34.8 Å². The van der Waals surface area contributed by atoms with E-state index < -0.39 is 0 Å². The van der Waals surface area contributed by atoms with Gasteiger partial charge in [-0.2, -0.15) is 0 Å². The lowest BCUT2D eigenvalue weighted by molar-refractivity contribution is 0.235. The molecule has 1 unspecified atom stereocenters. The number of nitrogens with zero attached hydrogens (tertiary/aromatic N) is 3. The number of para-hydroxylation sites is 1. The Bertz CT molecular complexity index is 1420. The van der Waals surface area contributed by atoms with Gasteiger partial charge >= 0.3 is 0 Å². The highest BCUT2D eigenvalue weighted by atomic mass is 35.5. The minimum absolute atomic E-state index is 0.0153. The van der Waals surface area contributed by atoms with Gasteiger partial charge in [-0.3, -0.25) is 9.36 Å². The smallest absolute Gasteiger partial charge is 0.255 e. The first-order valence-corrected chi connectivity index (χ1v) is 12.0. The zero-order valence-corrected chi connectivity index (χ0v) is 20.3. The van der Waals surface area contributed by atoms with Gasteiger partial charge < -0.3 is 15.3 Å². The van der Waals surface area contributed by atoms with Gasteiger partial charge in [-0.25, -0.2) is 4.98 Å². The SMILES string of the molecule is O=c1ccc2c(-c3ccccc3Cl)nc(N3CCNC(CO)C3)cc2n1-c1c(Cl)cccc1Cl. The van der Waals surface area contributed by atoms with Gasteiger partial charge in [-0.15, -0.1) is 0 Å². The molecule has 6 nitrogen and oxygen atoms in total. The molecule has 5 rings (SSSR count). The van der Waals surface area contributed by atoms with Crippen LogP contribution in [0.2, 0.25) is 15.1 Å². The molecule has 1 saturated heterocycles. The molecule has 2 aromatic heterocycles. The molecular formula is C25H21Cl3N4O2. The molecule has 0 radical (unpaired) electrons. The van der Waals surface area contributed by atoms with E-state index in [0.29, 0.717) is 57.4 Å². The summed E-state index contributed by atoms with van der Waals surface area (Å²) in [6.45, 7) is 1.98. The number of piperazine rings is 1. The third kappa shape index (κ3) is 4.17. The Morgan fingerprint density at radius 2 is 1.74 bits per heavy atom. The number of nitrogens with one attached hydrogen (secondary N) is 1. The molecule has 174 valence electrons. The van der Waals surface area contributed by atoms with Crippen LogP contribution in [-0.2, 0) is 0 Å². The summed E-state index contributed by atoms with van der Waals surface area (Å²) in [4.78, 5) is 20.3. The van der Waals surface area contributed by atoms with Gasteiger partial charge in [0.1, 0.15) is 5.82 Å². The second kappa shape index (κ2) is 9.56. The summed E-state index contributed by atoms with van der Waals surface area (Å²) in [5.74, 6) is 0.671. The highest BCUT2D eigenvalue weighted by Crippen LogP contribution is 2.36. The van der Waals surface area contributed by atoms with Crippen molar-refractivity contribution in [1.29, 1.82) is 0 Å². The Balaban J connectivity index is 1.85. The molecule has 1 aliphatic heterocycles. The summed E-state index contributed by atoms with van der Waals surface area (Å²) in [5, 5.41) is 15.0. The molecule has 4 aromatic rings.